The Morgan fingerprint density at radius 3 is 2.56 bits per heavy atom. The van der Waals surface area contributed by atoms with E-state index in [1.54, 1.807) is 17.0 Å². The molecule has 0 spiro atoms. The van der Waals surface area contributed by atoms with E-state index < -0.39 is 9.84 Å². The summed E-state index contributed by atoms with van der Waals surface area (Å²) >= 11 is 0. The molecule has 1 saturated heterocycles. The molecule has 4 aromatic rings. The topological polar surface area (TPSA) is 131 Å². The van der Waals surface area contributed by atoms with Crippen molar-refractivity contribution in [3.05, 3.63) is 96.2 Å². The van der Waals surface area contributed by atoms with Gasteiger partial charge in [0.1, 0.15) is 0 Å². The molecular formula is C30H29N7O3S. The third-order valence-corrected chi connectivity index (χ3v) is 7.99. The maximum absolute atomic E-state index is 13.5. The van der Waals surface area contributed by atoms with Gasteiger partial charge in [-0.05, 0) is 55.0 Å². The highest BCUT2D eigenvalue weighted by atomic mass is 32.2. The number of amides is 2. The molecule has 1 aliphatic heterocycles. The predicted molar refractivity (Wildman–Crippen MR) is 158 cm³/mol. The number of sulfone groups is 1. The van der Waals surface area contributed by atoms with Crippen LogP contribution in [0.25, 0.3) is 10.9 Å². The number of guanidine groups is 1. The minimum atomic E-state index is -3.43. The van der Waals surface area contributed by atoms with Crippen molar-refractivity contribution in [1.29, 1.82) is 5.26 Å². The van der Waals surface area contributed by atoms with E-state index >= 15 is 0 Å². The number of carbonyl (C=O) groups is 1. The molecule has 1 unspecified atom stereocenters. The van der Waals surface area contributed by atoms with E-state index in [2.05, 4.69) is 15.6 Å². The third-order valence-electron chi connectivity index (χ3n) is 6.88. The number of nitriles is 1. The van der Waals surface area contributed by atoms with Crippen LogP contribution in [0.5, 0.6) is 0 Å². The molecule has 0 radical (unpaired) electrons. The summed E-state index contributed by atoms with van der Waals surface area (Å²) in [6.45, 7) is 3.05. The molecule has 5 rings (SSSR count). The Morgan fingerprint density at radius 2 is 1.80 bits per heavy atom. The fourth-order valence-corrected chi connectivity index (χ4v) is 5.53. The molecule has 1 fully saturated rings. The second-order valence-electron chi connectivity index (χ2n) is 9.76. The minimum absolute atomic E-state index is 0.127. The summed E-state index contributed by atoms with van der Waals surface area (Å²) in [5.74, 6) is 0.377. The number of nitrogens with zero attached hydrogens (tertiary/aromatic N) is 5. The van der Waals surface area contributed by atoms with E-state index in [4.69, 9.17) is 4.99 Å². The van der Waals surface area contributed by atoms with Gasteiger partial charge in [-0.3, -0.25) is 10.3 Å². The maximum atomic E-state index is 13.5. The van der Waals surface area contributed by atoms with Crippen molar-refractivity contribution in [2.45, 2.75) is 17.9 Å². The lowest BCUT2D eigenvalue weighted by molar-refractivity contribution is 0.135. The minimum Gasteiger partial charge on any atom is -0.338 e. The number of aryl methyl sites for hydroxylation is 1. The summed E-state index contributed by atoms with van der Waals surface area (Å²) in [5.41, 5.74) is 3.69. The monoisotopic (exact) mass is 567 g/mol. The number of benzene rings is 3. The zero-order chi connectivity index (χ0) is 29.0. The number of hydrogen-bond acceptors (Lipinski definition) is 6. The van der Waals surface area contributed by atoms with E-state index in [0.717, 1.165) is 28.4 Å². The van der Waals surface area contributed by atoms with Gasteiger partial charge in [-0.1, -0.05) is 42.5 Å². The summed E-state index contributed by atoms with van der Waals surface area (Å²) in [4.78, 5) is 26.7. The average molecular weight is 568 g/mol. The first kappa shape index (κ1) is 27.6. The molecule has 10 nitrogen and oxygen atoms in total. The van der Waals surface area contributed by atoms with Crippen LogP contribution in [0.4, 0.5) is 16.2 Å². The number of aromatic nitrogens is 1. The number of nitrogens with one attached hydrogen (secondary N) is 2. The van der Waals surface area contributed by atoms with Gasteiger partial charge in [-0.2, -0.15) is 5.26 Å². The fourth-order valence-electron chi connectivity index (χ4n) is 4.86. The predicted octanol–water partition coefficient (Wildman–Crippen LogP) is 4.60. The summed E-state index contributed by atoms with van der Waals surface area (Å²) in [5, 5.41) is 16.0. The number of pyridine rings is 1. The molecule has 2 amide bonds. The van der Waals surface area contributed by atoms with Crippen LogP contribution in [-0.2, 0) is 9.84 Å². The van der Waals surface area contributed by atoms with Crippen molar-refractivity contribution in [1.82, 2.24) is 20.1 Å². The van der Waals surface area contributed by atoms with Crippen LogP contribution in [0.3, 0.4) is 0 Å². The summed E-state index contributed by atoms with van der Waals surface area (Å²) in [6.07, 6.45) is 3.13. The molecule has 11 heteroatoms. The van der Waals surface area contributed by atoms with Crippen molar-refractivity contribution in [3.8, 4) is 6.19 Å². The highest BCUT2D eigenvalue weighted by Crippen LogP contribution is 2.29. The van der Waals surface area contributed by atoms with Crippen molar-refractivity contribution in [2.24, 2.45) is 4.99 Å². The smallest absolute Gasteiger partial charge is 0.322 e. The first-order valence-electron chi connectivity index (χ1n) is 13.0. The Hall–Kier alpha value is -4.95. The van der Waals surface area contributed by atoms with Gasteiger partial charge in [0, 0.05) is 42.7 Å². The number of piperazine rings is 1. The van der Waals surface area contributed by atoms with Crippen molar-refractivity contribution in [3.63, 3.8) is 0 Å². The first-order valence-corrected chi connectivity index (χ1v) is 14.9. The number of anilines is 1. The van der Waals surface area contributed by atoms with Gasteiger partial charge in [0.25, 0.3) is 0 Å². The van der Waals surface area contributed by atoms with Crippen LogP contribution in [-0.4, -0.2) is 61.1 Å². The molecule has 208 valence electrons. The molecule has 1 atom stereocenters. The Balaban J connectivity index is 1.45. The van der Waals surface area contributed by atoms with Gasteiger partial charge in [0.15, 0.2) is 16.0 Å². The fraction of sp³-hybridized carbons (Fsp3) is 0.200. The van der Waals surface area contributed by atoms with Crippen molar-refractivity contribution in [2.75, 3.05) is 31.2 Å². The van der Waals surface area contributed by atoms with E-state index in [0.29, 0.717) is 37.0 Å². The number of urea groups is 1. The Labute approximate surface area is 238 Å². The molecule has 41 heavy (non-hydrogen) atoms. The van der Waals surface area contributed by atoms with Gasteiger partial charge in [-0.25, -0.2) is 18.2 Å². The van der Waals surface area contributed by atoms with E-state index in [-0.39, 0.29) is 17.0 Å². The molecule has 1 aliphatic rings. The number of hydrogen-bond donors (Lipinski definition) is 2. The lowest BCUT2D eigenvalue weighted by Gasteiger charge is -2.42. The van der Waals surface area contributed by atoms with Crippen LogP contribution in [0.1, 0.15) is 17.3 Å². The summed E-state index contributed by atoms with van der Waals surface area (Å²) < 4.78 is 24.0. The van der Waals surface area contributed by atoms with Gasteiger partial charge >= 0.3 is 6.03 Å². The van der Waals surface area contributed by atoms with Crippen molar-refractivity contribution < 1.29 is 13.2 Å². The quantitative estimate of drug-likeness (QED) is 0.160. The standard InChI is InChI=1S/C30H29N7O3S/c1-21-14-15-25-26(33-21)12-7-13-27(25)35-29(32-20-31)36-16-17-37(28(19-36)22-8-4-3-5-9-22)30(38)34-23-10-6-11-24(18-23)41(2,39)40/h3-15,18,28H,16-17,19H2,1-2H3,(H,32,35)(H,34,38). The number of carbonyl (C=O) groups excluding carboxylic acids is 1. The molecule has 0 aliphatic carbocycles. The maximum Gasteiger partial charge on any atom is 0.322 e. The summed E-state index contributed by atoms with van der Waals surface area (Å²) in [6, 6.07) is 24.7. The van der Waals surface area contributed by atoms with Gasteiger partial charge in [0.05, 0.1) is 22.1 Å². The molecule has 2 N–H and O–H groups in total. The van der Waals surface area contributed by atoms with Crippen LogP contribution in [0.15, 0.2) is 94.8 Å². The Bertz CT molecular complexity index is 1770. The normalized spacial score (nSPS) is 15.8. The lowest BCUT2D eigenvalue weighted by Crippen LogP contribution is -2.55. The third kappa shape index (κ3) is 6.28. The van der Waals surface area contributed by atoms with Gasteiger partial charge in [-0.15, -0.1) is 0 Å². The van der Waals surface area contributed by atoms with Gasteiger partial charge in [0.2, 0.25) is 5.96 Å². The molecular weight excluding hydrogens is 538 g/mol. The van der Waals surface area contributed by atoms with E-state index in [1.165, 1.54) is 12.1 Å². The SMILES string of the molecule is Cc1ccc2c(N=C(NC#N)N3CCN(C(=O)Nc4cccc(S(C)(=O)=O)c4)C(c4ccccc4)C3)cccc2n1. The zero-order valence-electron chi connectivity index (χ0n) is 22.7. The molecule has 3 aromatic carbocycles. The molecule has 1 aromatic heterocycles. The molecule has 2 heterocycles. The first-order chi connectivity index (χ1) is 19.7. The highest BCUT2D eigenvalue weighted by molar-refractivity contribution is 7.90. The van der Waals surface area contributed by atoms with Crippen LogP contribution in [0, 0.1) is 18.4 Å². The van der Waals surface area contributed by atoms with Crippen LogP contribution in [0.2, 0.25) is 0 Å². The van der Waals surface area contributed by atoms with Gasteiger partial charge < -0.3 is 15.1 Å². The second kappa shape index (κ2) is 11.7. The van der Waals surface area contributed by atoms with E-state index in [9.17, 15) is 18.5 Å². The van der Waals surface area contributed by atoms with Crippen molar-refractivity contribution >= 4 is 44.1 Å². The van der Waals surface area contributed by atoms with Crippen LogP contribution < -0.4 is 10.6 Å². The van der Waals surface area contributed by atoms with Crippen LogP contribution >= 0.6 is 0 Å². The average Bonchev–Trinajstić information content (AvgIpc) is 2.96. The zero-order valence-corrected chi connectivity index (χ0v) is 23.5. The Kier molecular flexibility index (Phi) is 7.85. The Morgan fingerprint density at radius 1 is 1.02 bits per heavy atom. The number of fused-ring (bicyclic) bond motifs is 1. The molecule has 0 bridgehead atoms. The number of rotatable bonds is 4. The van der Waals surface area contributed by atoms with E-state index in [1.807, 2.05) is 78.7 Å². The number of aliphatic imine (C=N–C) groups is 1. The summed E-state index contributed by atoms with van der Waals surface area (Å²) in [7, 11) is -3.43. The molecule has 0 saturated carbocycles. The second-order valence-corrected chi connectivity index (χ2v) is 11.8. The highest BCUT2D eigenvalue weighted by Gasteiger charge is 2.33. The largest absolute Gasteiger partial charge is 0.338 e. The lowest BCUT2D eigenvalue weighted by atomic mass is 10.0.